The molecule has 1 aromatic carbocycles. The summed E-state index contributed by atoms with van der Waals surface area (Å²) in [6.45, 7) is 3.70. The number of hydrogen-bond donors (Lipinski definition) is 2. The van der Waals surface area contributed by atoms with Crippen molar-refractivity contribution in [2.24, 2.45) is 0 Å². The van der Waals surface area contributed by atoms with Crippen LogP contribution in [0.2, 0.25) is 0 Å². The van der Waals surface area contributed by atoms with Crippen molar-refractivity contribution in [3.8, 4) is 0 Å². The molecular formula is C21H24N4O3. The van der Waals surface area contributed by atoms with E-state index in [-0.39, 0.29) is 17.9 Å². The summed E-state index contributed by atoms with van der Waals surface area (Å²) in [5.74, 6) is -0.0923. The number of carbonyl (C=O) groups excluding carboxylic acids is 2. The van der Waals surface area contributed by atoms with E-state index < -0.39 is 5.41 Å². The molecule has 4 heterocycles. The largest absolute Gasteiger partial charge is 0.376 e. The van der Waals surface area contributed by atoms with Gasteiger partial charge in [-0.2, -0.15) is 5.10 Å². The second-order valence-electron chi connectivity index (χ2n) is 7.86. The summed E-state index contributed by atoms with van der Waals surface area (Å²) < 4.78 is 5.54. The van der Waals surface area contributed by atoms with Gasteiger partial charge >= 0.3 is 0 Å². The predicted octanol–water partition coefficient (Wildman–Crippen LogP) is 2.39. The van der Waals surface area contributed by atoms with Crippen LogP contribution < -0.4 is 5.32 Å². The quantitative estimate of drug-likeness (QED) is 0.856. The number of fused-ring (bicyclic) bond motifs is 3. The molecule has 0 aliphatic carbocycles. The topological polar surface area (TPSA) is 87.3 Å². The molecule has 7 heteroatoms. The number of benzene rings is 1. The SMILES string of the molecule is CCC[C@@H]1N(C(=O)c2n[nH]c3c2COCC3)CC[C@@]12C(=O)Nc1ccccc12. The van der Waals surface area contributed by atoms with Gasteiger partial charge in [-0.15, -0.1) is 0 Å². The van der Waals surface area contributed by atoms with Gasteiger partial charge in [0.2, 0.25) is 5.91 Å². The second-order valence-corrected chi connectivity index (χ2v) is 7.86. The number of anilines is 1. The molecule has 0 radical (unpaired) electrons. The molecule has 5 rings (SSSR count). The van der Waals surface area contributed by atoms with Crippen LogP contribution in [0.4, 0.5) is 5.69 Å². The Balaban J connectivity index is 1.54. The molecule has 1 fully saturated rings. The Bertz CT molecular complexity index is 953. The first-order chi connectivity index (χ1) is 13.7. The molecular weight excluding hydrogens is 356 g/mol. The molecule has 1 aromatic heterocycles. The summed E-state index contributed by atoms with van der Waals surface area (Å²) in [5.41, 5.74) is 3.51. The van der Waals surface area contributed by atoms with Crippen molar-refractivity contribution in [2.75, 3.05) is 18.5 Å². The van der Waals surface area contributed by atoms with Crippen molar-refractivity contribution in [1.29, 1.82) is 0 Å². The number of amides is 2. The fraction of sp³-hybridized carbons (Fsp3) is 0.476. The zero-order valence-corrected chi connectivity index (χ0v) is 16.0. The molecule has 2 amide bonds. The van der Waals surface area contributed by atoms with Crippen LogP contribution in [0.3, 0.4) is 0 Å². The standard InChI is InChI=1S/C21H24N4O3/c1-2-5-17-21(14-6-3-4-7-16(14)22-20(21)27)9-10-25(17)19(26)18-13-12-28-11-8-15(13)23-24-18/h3-4,6-7,17H,2,5,8-12H2,1H3,(H,22,27)(H,23,24)/t17-,21-/m0/s1. The Morgan fingerprint density at radius 3 is 3.11 bits per heavy atom. The van der Waals surface area contributed by atoms with Gasteiger partial charge in [-0.3, -0.25) is 14.7 Å². The lowest BCUT2D eigenvalue weighted by molar-refractivity contribution is -0.121. The number of likely N-dealkylation sites (tertiary alicyclic amines) is 1. The zero-order valence-electron chi connectivity index (χ0n) is 16.0. The van der Waals surface area contributed by atoms with Gasteiger partial charge in [0.1, 0.15) is 0 Å². The van der Waals surface area contributed by atoms with Crippen LogP contribution in [0.15, 0.2) is 24.3 Å². The fourth-order valence-corrected chi connectivity index (χ4v) is 5.15. The highest BCUT2D eigenvalue weighted by molar-refractivity contribution is 6.08. The van der Waals surface area contributed by atoms with Gasteiger partial charge in [0, 0.05) is 29.9 Å². The first-order valence-corrected chi connectivity index (χ1v) is 10.0. The van der Waals surface area contributed by atoms with E-state index in [1.54, 1.807) is 0 Å². The van der Waals surface area contributed by atoms with E-state index in [0.717, 1.165) is 41.8 Å². The summed E-state index contributed by atoms with van der Waals surface area (Å²) >= 11 is 0. The summed E-state index contributed by atoms with van der Waals surface area (Å²) in [7, 11) is 0. The van der Waals surface area contributed by atoms with Gasteiger partial charge in [-0.25, -0.2) is 0 Å². The van der Waals surface area contributed by atoms with Crippen LogP contribution in [0.25, 0.3) is 0 Å². The van der Waals surface area contributed by atoms with Crippen molar-refractivity contribution in [3.63, 3.8) is 0 Å². The number of H-pyrrole nitrogens is 1. The Labute approximate surface area is 163 Å². The number of aromatic nitrogens is 2. The van der Waals surface area contributed by atoms with Crippen LogP contribution in [0.5, 0.6) is 0 Å². The smallest absolute Gasteiger partial charge is 0.275 e. The lowest BCUT2D eigenvalue weighted by atomic mass is 9.73. The monoisotopic (exact) mass is 380 g/mol. The van der Waals surface area contributed by atoms with Crippen molar-refractivity contribution < 1.29 is 14.3 Å². The van der Waals surface area contributed by atoms with E-state index in [1.165, 1.54) is 0 Å². The highest BCUT2D eigenvalue weighted by Gasteiger charge is 2.58. The van der Waals surface area contributed by atoms with E-state index in [1.807, 2.05) is 29.2 Å². The van der Waals surface area contributed by atoms with E-state index in [9.17, 15) is 9.59 Å². The molecule has 1 saturated heterocycles. The Hall–Kier alpha value is -2.67. The third-order valence-electron chi connectivity index (χ3n) is 6.47. The number of carbonyl (C=O) groups is 2. The van der Waals surface area contributed by atoms with Crippen LogP contribution in [0.1, 0.15) is 53.5 Å². The Morgan fingerprint density at radius 1 is 1.39 bits per heavy atom. The zero-order chi connectivity index (χ0) is 19.3. The van der Waals surface area contributed by atoms with Crippen molar-refractivity contribution in [3.05, 3.63) is 46.8 Å². The van der Waals surface area contributed by atoms with Gasteiger partial charge < -0.3 is 15.0 Å². The molecule has 7 nitrogen and oxygen atoms in total. The molecule has 3 aliphatic rings. The maximum atomic E-state index is 13.5. The number of ether oxygens (including phenoxy) is 1. The number of hydrogen-bond acceptors (Lipinski definition) is 4. The third-order valence-corrected chi connectivity index (χ3v) is 6.47. The highest BCUT2D eigenvalue weighted by atomic mass is 16.5. The van der Waals surface area contributed by atoms with Crippen LogP contribution in [0, 0.1) is 0 Å². The molecule has 0 unspecified atom stereocenters. The first kappa shape index (κ1) is 17.4. The fourth-order valence-electron chi connectivity index (χ4n) is 5.15. The molecule has 3 aliphatic heterocycles. The van der Waals surface area contributed by atoms with Gasteiger partial charge in [0.05, 0.1) is 24.7 Å². The summed E-state index contributed by atoms with van der Waals surface area (Å²) in [6.07, 6.45) is 3.05. The average molecular weight is 380 g/mol. The number of para-hydroxylation sites is 1. The van der Waals surface area contributed by atoms with E-state index in [0.29, 0.717) is 31.9 Å². The van der Waals surface area contributed by atoms with Crippen molar-refractivity contribution >= 4 is 17.5 Å². The van der Waals surface area contributed by atoms with Gasteiger partial charge in [-0.05, 0) is 24.5 Å². The van der Waals surface area contributed by atoms with Crippen LogP contribution in [-0.4, -0.2) is 46.1 Å². The molecule has 2 N–H and O–H groups in total. The summed E-state index contributed by atoms with van der Waals surface area (Å²) in [4.78, 5) is 28.5. The molecule has 1 spiro atoms. The van der Waals surface area contributed by atoms with E-state index in [2.05, 4.69) is 22.4 Å². The maximum Gasteiger partial charge on any atom is 0.275 e. The number of nitrogens with zero attached hydrogens (tertiary/aromatic N) is 2. The molecule has 2 aromatic rings. The van der Waals surface area contributed by atoms with Gasteiger partial charge in [0.15, 0.2) is 5.69 Å². The number of nitrogens with one attached hydrogen (secondary N) is 2. The molecule has 0 bridgehead atoms. The highest BCUT2D eigenvalue weighted by Crippen LogP contribution is 2.49. The van der Waals surface area contributed by atoms with E-state index >= 15 is 0 Å². The summed E-state index contributed by atoms with van der Waals surface area (Å²) in [6, 6.07) is 7.69. The molecule has 0 saturated carbocycles. The molecule has 146 valence electrons. The summed E-state index contributed by atoms with van der Waals surface area (Å²) in [5, 5.41) is 10.4. The minimum atomic E-state index is -0.671. The van der Waals surface area contributed by atoms with Crippen molar-refractivity contribution in [2.45, 2.75) is 50.7 Å². The minimum Gasteiger partial charge on any atom is -0.376 e. The molecule has 28 heavy (non-hydrogen) atoms. The Morgan fingerprint density at radius 2 is 2.25 bits per heavy atom. The molecule has 2 atom stereocenters. The third kappa shape index (κ3) is 2.29. The van der Waals surface area contributed by atoms with Crippen LogP contribution in [-0.2, 0) is 28.0 Å². The van der Waals surface area contributed by atoms with E-state index in [4.69, 9.17) is 4.74 Å². The van der Waals surface area contributed by atoms with Gasteiger partial charge in [-0.1, -0.05) is 31.5 Å². The normalized spacial score (nSPS) is 25.7. The lowest BCUT2D eigenvalue weighted by Crippen LogP contribution is -2.49. The number of rotatable bonds is 3. The first-order valence-electron chi connectivity index (χ1n) is 10.0. The maximum absolute atomic E-state index is 13.5. The van der Waals surface area contributed by atoms with Crippen molar-refractivity contribution in [1.82, 2.24) is 15.1 Å². The minimum absolute atomic E-state index is 0.00911. The predicted molar refractivity (Wildman–Crippen MR) is 103 cm³/mol. The Kier molecular flexibility index (Phi) is 4.01. The van der Waals surface area contributed by atoms with Gasteiger partial charge in [0.25, 0.3) is 5.91 Å². The lowest BCUT2D eigenvalue weighted by Gasteiger charge is -2.33. The second kappa shape index (κ2) is 6.44. The average Bonchev–Trinajstić information content (AvgIpc) is 3.38. The van der Waals surface area contributed by atoms with Crippen LogP contribution >= 0.6 is 0 Å². The number of aromatic amines is 1.